The Bertz CT molecular complexity index is 432. The normalized spacial score (nSPS) is 10.0. The van der Waals surface area contributed by atoms with E-state index >= 15 is 0 Å². The molecule has 1 aromatic rings. The molecule has 1 aromatic carbocycles. The number of halogens is 1. The second-order valence-corrected chi connectivity index (χ2v) is 2.91. The summed E-state index contributed by atoms with van der Waals surface area (Å²) in [5.74, 6) is -1.08. The van der Waals surface area contributed by atoms with Gasteiger partial charge in [-0.15, -0.1) is 0 Å². The molecule has 0 saturated carbocycles. The first-order valence-electron chi connectivity index (χ1n) is 3.74. The molecular formula is C10H6ClNO2. The first-order chi connectivity index (χ1) is 6.65. The van der Waals surface area contributed by atoms with Crippen LogP contribution in [0.5, 0.6) is 0 Å². The first-order valence-corrected chi connectivity index (χ1v) is 4.12. The van der Waals surface area contributed by atoms with E-state index in [1.54, 1.807) is 6.07 Å². The van der Waals surface area contributed by atoms with Gasteiger partial charge >= 0.3 is 5.97 Å². The van der Waals surface area contributed by atoms with Crippen LogP contribution in [0.3, 0.4) is 0 Å². The van der Waals surface area contributed by atoms with Gasteiger partial charge in [-0.2, -0.15) is 5.26 Å². The molecule has 0 aliphatic carbocycles. The molecule has 0 heterocycles. The summed E-state index contributed by atoms with van der Waals surface area (Å²) in [7, 11) is 0. The lowest BCUT2D eigenvalue weighted by Gasteiger charge is -1.99. The predicted molar refractivity (Wildman–Crippen MR) is 53.1 cm³/mol. The standard InChI is InChI=1S/C10H6ClNO2/c11-9-4-3-7(2-1-5-12)6-8(9)10(13)14/h1-4,6H,(H,13,14)/b2-1+. The fraction of sp³-hybridized carbons (Fsp3) is 0. The highest BCUT2D eigenvalue weighted by molar-refractivity contribution is 6.33. The van der Waals surface area contributed by atoms with Crippen LogP contribution in [0.1, 0.15) is 15.9 Å². The van der Waals surface area contributed by atoms with Gasteiger partial charge < -0.3 is 5.11 Å². The van der Waals surface area contributed by atoms with Crippen molar-refractivity contribution in [3.05, 3.63) is 40.4 Å². The Kier molecular flexibility index (Phi) is 3.27. The molecule has 0 aliphatic rings. The van der Waals surface area contributed by atoms with Crippen LogP contribution in [-0.4, -0.2) is 11.1 Å². The molecule has 0 aliphatic heterocycles. The third-order valence-corrected chi connectivity index (χ3v) is 1.90. The van der Waals surface area contributed by atoms with E-state index in [0.29, 0.717) is 5.56 Å². The van der Waals surface area contributed by atoms with Crippen molar-refractivity contribution in [2.45, 2.75) is 0 Å². The van der Waals surface area contributed by atoms with Crippen LogP contribution in [0.15, 0.2) is 24.3 Å². The quantitative estimate of drug-likeness (QED) is 0.759. The van der Waals surface area contributed by atoms with Gasteiger partial charge in [-0.05, 0) is 23.8 Å². The van der Waals surface area contributed by atoms with E-state index in [4.69, 9.17) is 22.0 Å². The van der Waals surface area contributed by atoms with Gasteiger partial charge in [0.25, 0.3) is 0 Å². The summed E-state index contributed by atoms with van der Waals surface area (Å²) in [6.45, 7) is 0. The van der Waals surface area contributed by atoms with Gasteiger partial charge in [0.05, 0.1) is 16.7 Å². The van der Waals surface area contributed by atoms with E-state index in [-0.39, 0.29) is 10.6 Å². The molecule has 0 fully saturated rings. The lowest BCUT2D eigenvalue weighted by Crippen LogP contribution is -1.97. The van der Waals surface area contributed by atoms with Gasteiger partial charge in [-0.3, -0.25) is 0 Å². The molecule has 1 rings (SSSR count). The Morgan fingerprint density at radius 1 is 1.57 bits per heavy atom. The predicted octanol–water partition coefficient (Wildman–Crippen LogP) is 2.57. The van der Waals surface area contributed by atoms with Crippen LogP contribution >= 0.6 is 11.6 Å². The largest absolute Gasteiger partial charge is 0.478 e. The number of carbonyl (C=O) groups is 1. The number of rotatable bonds is 2. The molecule has 0 saturated heterocycles. The number of hydrogen-bond donors (Lipinski definition) is 1. The van der Waals surface area contributed by atoms with Crippen molar-refractivity contribution in [1.82, 2.24) is 0 Å². The van der Waals surface area contributed by atoms with E-state index in [1.165, 1.54) is 24.3 Å². The van der Waals surface area contributed by atoms with E-state index in [1.807, 2.05) is 6.07 Å². The number of allylic oxidation sites excluding steroid dienone is 1. The highest BCUT2D eigenvalue weighted by Gasteiger charge is 2.07. The molecule has 0 atom stereocenters. The van der Waals surface area contributed by atoms with Crippen LogP contribution < -0.4 is 0 Å². The van der Waals surface area contributed by atoms with Crippen molar-refractivity contribution in [2.24, 2.45) is 0 Å². The Balaban J connectivity index is 3.14. The van der Waals surface area contributed by atoms with Gasteiger partial charge in [0.2, 0.25) is 0 Å². The van der Waals surface area contributed by atoms with E-state index in [0.717, 1.165) is 0 Å². The summed E-state index contributed by atoms with van der Waals surface area (Å²) in [5, 5.41) is 17.2. The zero-order valence-electron chi connectivity index (χ0n) is 7.07. The maximum atomic E-state index is 10.7. The lowest BCUT2D eigenvalue weighted by atomic mass is 10.1. The summed E-state index contributed by atoms with van der Waals surface area (Å²) in [6, 6.07) is 6.36. The van der Waals surface area contributed by atoms with E-state index in [9.17, 15) is 4.79 Å². The smallest absolute Gasteiger partial charge is 0.337 e. The average Bonchev–Trinajstić information content (AvgIpc) is 2.16. The lowest BCUT2D eigenvalue weighted by molar-refractivity contribution is 0.0697. The van der Waals surface area contributed by atoms with Crippen molar-refractivity contribution in [2.75, 3.05) is 0 Å². The molecule has 0 unspecified atom stereocenters. The zero-order valence-corrected chi connectivity index (χ0v) is 7.82. The van der Waals surface area contributed by atoms with Crippen LogP contribution in [0.2, 0.25) is 5.02 Å². The topological polar surface area (TPSA) is 61.1 Å². The summed E-state index contributed by atoms with van der Waals surface area (Å²) < 4.78 is 0. The van der Waals surface area contributed by atoms with Crippen molar-refractivity contribution in [3.63, 3.8) is 0 Å². The number of carboxylic acids is 1. The molecule has 0 spiro atoms. The van der Waals surface area contributed by atoms with Gasteiger partial charge in [-0.1, -0.05) is 17.7 Å². The second-order valence-electron chi connectivity index (χ2n) is 2.51. The molecule has 14 heavy (non-hydrogen) atoms. The molecule has 0 amide bonds. The Hall–Kier alpha value is -1.79. The van der Waals surface area contributed by atoms with E-state index < -0.39 is 5.97 Å². The minimum atomic E-state index is -1.08. The zero-order chi connectivity index (χ0) is 10.6. The molecular weight excluding hydrogens is 202 g/mol. The Labute approximate surface area is 85.9 Å². The Morgan fingerprint density at radius 2 is 2.29 bits per heavy atom. The van der Waals surface area contributed by atoms with Crippen LogP contribution in [0.25, 0.3) is 6.08 Å². The number of aromatic carboxylic acids is 1. The third-order valence-electron chi connectivity index (χ3n) is 1.57. The third kappa shape index (κ3) is 2.35. The summed E-state index contributed by atoms with van der Waals surface area (Å²) in [6.07, 6.45) is 2.79. The van der Waals surface area contributed by atoms with Crippen molar-refractivity contribution in [3.8, 4) is 6.07 Å². The summed E-state index contributed by atoms with van der Waals surface area (Å²) in [4.78, 5) is 10.7. The maximum absolute atomic E-state index is 10.7. The van der Waals surface area contributed by atoms with Gasteiger partial charge in [0.1, 0.15) is 0 Å². The fourth-order valence-electron chi connectivity index (χ4n) is 0.944. The number of carboxylic acid groups (broad SMARTS) is 1. The second kappa shape index (κ2) is 4.45. The Morgan fingerprint density at radius 3 is 2.86 bits per heavy atom. The van der Waals surface area contributed by atoms with Crippen molar-refractivity contribution in [1.29, 1.82) is 5.26 Å². The van der Waals surface area contributed by atoms with Crippen LogP contribution in [0.4, 0.5) is 0 Å². The highest BCUT2D eigenvalue weighted by Crippen LogP contribution is 2.18. The van der Waals surface area contributed by atoms with E-state index in [2.05, 4.69) is 0 Å². The molecule has 4 heteroatoms. The average molecular weight is 208 g/mol. The number of nitriles is 1. The van der Waals surface area contributed by atoms with Crippen LogP contribution in [0, 0.1) is 11.3 Å². The van der Waals surface area contributed by atoms with Gasteiger partial charge in [-0.25, -0.2) is 4.79 Å². The fourth-order valence-corrected chi connectivity index (χ4v) is 1.14. The SMILES string of the molecule is N#C/C=C/c1ccc(Cl)c(C(=O)O)c1. The van der Waals surface area contributed by atoms with Crippen molar-refractivity contribution < 1.29 is 9.90 Å². The highest BCUT2D eigenvalue weighted by atomic mass is 35.5. The minimum absolute atomic E-state index is 0.0340. The molecule has 0 radical (unpaired) electrons. The monoisotopic (exact) mass is 207 g/mol. The molecule has 1 N–H and O–H groups in total. The van der Waals surface area contributed by atoms with Crippen LogP contribution in [-0.2, 0) is 0 Å². The number of nitrogens with zero attached hydrogens (tertiary/aromatic N) is 1. The van der Waals surface area contributed by atoms with Crippen molar-refractivity contribution >= 4 is 23.6 Å². The maximum Gasteiger partial charge on any atom is 0.337 e. The summed E-state index contributed by atoms with van der Waals surface area (Å²) >= 11 is 5.66. The van der Waals surface area contributed by atoms with Gasteiger partial charge in [0, 0.05) is 6.08 Å². The number of benzene rings is 1. The molecule has 3 nitrogen and oxygen atoms in total. The first kappa shape index (κ1) is 10.3. The minimum Gasteiger partial charge on any atom is -0.478 e. The number of hydrogen-bond acceptors (Lipinski definition) is 2. The van der Waals surface area contributed by atoms with Gasteiger partial charge in [0.15, 0.2) is 0 Å². The molecule has 0 bridgehead atoms. The summed E-state index contributed by atoms with van der Waals surface area (Å²) in [5.41, 5.74) is 0.667. The molecule has 70 valence electrons. The molecule has 0 aromatic heterocycles.